The highest BCUT2D eigenvalue weighted by molar-refractivity contribution is 5.74. The highest BCUT2D eigenvalue weighted by atomic mass is 16.5. The monoisotopic (exact) mass is 384 g/mol. The molecule has 0 spiro atoms. The summed E-state index contributed by atoms with van der Waals surface area (Å²) in [6, 6.07) is 17.7. The average Bonchev–Trinajstić information content (AvgIpc) is 2.68. The maximum atomic E-state index is 12.4. The molecule has 0 saturated carbocycles. The number of nitrogens with one attached hydrogen (secondary N) is 1. The van der Waals surface area contributed by atoms with Gasteiger partial charge in [0.15, 0.2) is 0 Å². The number of hydrogen-bond acceptors (Lipinski definition) is 3. The molecule has 0 saturated heterocycles. The fourth-order valence-electron chi connectivity index (χ4n) is 2.80. The summed E-state index contributed by atoms with van der Waals surface area (Å²) < 4.78 is 5.75. The first-order valence-electron chi connectivity index (χ1n) is 9.81. The molecule has 152 valence electrons. The molecular weight excluding hydrogens is 352 g/mol. The number of amides is 2. The van der Waals surface area contributed by atoms with Gasteiger partial charge < -0.3 is 20.1 Å². The van der Waals surface area contributed by atoms with Gasteiger partial charge in [-0.2, -0.15) is 0 Å². The molecule has 0 radical (unpaired) electrons. The number of aliphatic hydroxyl groups excluding tert-OH is 1. The van der Waals surface area contributed by atoms with E-state index in [1.807, 2.05) is 42.5 Å². The molecule has 0 aliphatic carbocycles. The van der Waals surface area contributed by atoms with E-state index in [-0.39, 0.29) is 18.1 Å². The molecule has 0 unspecified atom stereocenters. The normalized spacial score (nSPS) is 11.1. The molecule has 2 N–H and O–H groups in total. The maximum Gasteiger partial charge on any atom is 0.317 e. The SMILES string of the molecule is CC(C)(C)c1ccc(OCCCNC(=O)N(CCO)Cc2ccccc2)cc1. The van der Waals surface area contributed by atoms with Gasteiger partial charge in [-0.3, -0.25) is 0 Å². The van der Waals surface area contributed by atoms with Crippen molar-refractivity contribution in [2.75, 3.05) is 26.3 Å². The summed E-state index contributed by atoms with van der Waals surface area (Å²) in [6.45, 7) is 8.33. The lowest BCUT2D eigenvalue weighted by Crippen LogP contribution is -2.41. The fraction of sp³-hybridized carbons (Fsp3) is 0.435. The van der Waals surface area contributed by atoms with Crippen molar-refractivity contribution in [1.29, 1.82) is 0 Å². The summed E-state index contributed by atoms with van der Waals surface area (Å²) in [4.78, 5) is 14.0. The maximum absolute atomic E-state index is 12.4. The molecule has 0 atom stereocenters. The number of nitrogens with zero attached hydrogens (tertiary/aromatic N) is 1. The van der Waals surface area contributed by atoms with Crippen LogP contribution in [0.1, 0.15) is 38.3 Å². The molecule has 0 heterocycles. The van der Waals surface area contributed by atoms with E-state index < -0.39 is 0 Å². The van der Waals surface area contributed by atoms with E-state index in [0.29, 0.717) is 32.7 Å². The average molecular weight is 385 g/mol. The summed E-state index contributed by atoms with van der Waals surface area (Å²) in [5.74, 6) is 0.838. The molecule has 0 aliphatic heterocycles. The first kappa shape index (κ1) is 21.8. The number of carbonyl (C=O) groups excluding carboxylic acids is 1. The molecule has 2 rings (SSSR count). The van der Waals surface area contributed by atoms with Crippen molar-refractivity contribution in [1.82, 2.24) is 10.2 Å². The smallest absolute Gasteiger partial charge is 0.317 e. The highest BCUT2D eigenvalue weighted by Gasteiger charge is 2.14. The third-order valence-corrected chi connectivity index (χ3v) is 4.46. The number of rotatable bonds is 9. The van der Waals surface area contributed by atoms with E-state index in [2.05, 4.69) is 38.2 Å². The van der Waals surface area contributed by atoms with Crippen molar-refractivity contribution in [2.45, 2.75) is 39.2 Å². The Kier molecular flexibility index (Phi) is 8.33. The summed E-state index contributed by atoms with van der Waals surface area (Å²) in [5, 5.41) is 12.1. The summed E-state index contributed by atoms with van der Waals surface area (Å²) in [7, 11) is 0. The van der Waals surface area contributed by atoms with Crippen LogP contribution < -0.4 is 10.1 Å². The molecule has 2 amide bonds. The Bertz CT molecular complexity index is 709. The highest BCUT2D eigenvalue weighted by Crippen LogP contribution is 2.24. The number of hydrogen-bond donors (Lipinski definition) is 2. The fourth-order valence-corrected chi connectivity index (χ4v) is 2.80. The van der Waals surface area contributed by atoms with E-state index >= 15 is 0 Å². The first-order valence-corrected chi connectivity index (χ1v) is 9.81. The van der Waals surface area contributed by atoms with Crippen LogP contribution in [0.2, 0.25) is 0 Å². The van der Waals surface area contributed by atoms with Crippen LogP contribution in [0, 0.1) is 0 Å². The van der Waals surface area contributed by atoms with Crippen LogP contribution in [-0.4, -0.2) is 42.3 Å². The van der Waals surface area contributed by atoms with Crippen LogP contribution in [0.15, 0.2) is 54.6 Å². The standard InChI is InChI=1S/C23H32N2O3/c1-23(2,3)20-10-12-21(13-11-20)28-17-7-14-24-22(27)25(15-16-26)18-19-8-5-4-6-9-19/h4-6,8-13,26H,7,14-18H2,1-3H3,(H,24,27). The molecule has 2 aromatic carbocycles. The van der Waals surface area contributed by atoms with E-state index in [1.165, 1.54) is 5.56 Å². The van der Waals surface area contributed by atoms with Crippen molar-refractivity contribution < 1.29 is 14.6 Å². The first-order chi connectivity index (χ1) is 13.4. The van der Waals surface area contributed by atoms with Crippen molar-refractivity contribution in [3.63, 3.8) is 0 Å². The van der Waals surface area contributed by atoms with Crippen LogP contribution in [0.5, 0.6) is 5.75 Å². The zero-order chi connectivity index (χ0) is 20.4. The molecular formula is C23H32N2O3. The second-order valence-corrected chi connectivity index (χ2v) is 7.84. The lowest BCUT2D eigenvalue weighted by molar-refractivity contribution is 0.173. The van der Waals surface area contributed by atoms with Crippen molar-refractivity contribution in [2.24, 2.45) is 0 Å². The Balaban J connectivity index is 1.71. The van der Waals surface area contributed by atoms with Crippen molar-refractivity contribution >= 4 is 6.03 Å². The van der Waals surface area contributed by atoms with Crippen LogP contribution in [0.3, 0.4) is 0 Å². The molecule has 5 heteroatoms. The summed E-state index contributed by atoms with van der Waals surface area (Å²) in [6.07, 6.45) is 0.713. The van der Waals surface area contributed by atoms with Gasteiger partial charge in [-0.05, 0) is 35.1 Å². The van der Waals surface area contributed by atoms with Crippen LogP contribution in [0.4, 0.5) is 4.79 Å². The molecule has 5 nitrogen and oxygen atoms in total. The van der Waals surface area contributed by atoms with Gasteiger partial charge in [0.25, 0.3) is 0 Å². The van der Waals surface area contributed by atoms with Crippen LogP contribution >= 0.6 is 0 Å². The van der Waals surface area contributed by atoms with Gasteiger partial charge in [0.05, 0.1) is 13.2 Å². The van der Waals surface area contributed by atoms with E-state index in [1.54, 1.807) is 4.90 Å². The summed E-state index contributed by atoms with van der Waals surface area (Å²) in [5.41, 5.74) is 2.44. The third kappa shape index (κ3) is 7.24. The zero-order valence-corrected chi connectivity index (χ0v) is 17.1. The Hall–Kier alpha value is -2.53. The number of carbonyl (C=O) groups is 1. The minimum absolute atomic E-state index is 0.0616. The Morgan fingerprint density at radius 3 is 2.36 bits per heavy atom. The second kappa shape index (κ2) is 10.7. The minimum atomic E-state index is -0.174. The number of benzene rings is 2. The van der Waals surface area contributed by atoms with E-state index in [0.717, 1.165) is 11.3 Å². The Morgan fingerprint density at radius 1 is 1.07 bits per heavy atom. The predicted octanol–water partition coefficient (Wildman–Crippen LogP) is 3.96. The molecule has 0 bridgehead atoms. The third-order valence-electron chi connectivity index (χ3n) is 4.46. The lowest BCUT2D eigenvalue weighted by atomic mass is 9.87. The second-order valence-electron chi connectivity index (χ2n) is 7.84. The molecule has 0 aromatic heterocycles. The predicted molar refractivity (Wildman–Crippen MR) is 113 cm³/mol. The summed E-state index contributed by atoms with van der Waals surface area (Å²) >= 11 is 0. The number of ether oxygens (including phenoxy) is 1. The van der Waals surface area contributed by atoms with Gasteiger partial charge in [-0.25, -0.2) is 4.79 Å². The van der Waals surface area contributed by atoms with Gasteiger partial charge in [0.1, 0.15) is 5.75 Å². The van der Waals surface area contributed by atoms with E-state index in [4.69, 9.17) is 4.74 Å². The number of aliphatic hydroxyl groups is 1. The molecule has 28 heavy (non-hydrogen) atoms. The lowest BCUT2D eigenvalue weighted by Gasteiger charge is -2.22. The topological polar surface area (TPSA) is 61.8 Å². The largest absolute Gasteiger partial charge is 0.494 e. The van der Waals surface area contributed by atoms with Gasteiger partial charge in [0, 0.05) is 19.6 Å². The van der Waals surface area contributed by atoms with Gasteiger partial charge in [-0.1, -0.05) is 63.2 Å². The van der Waals surface area contributed by atoms with Crippen LogP contribution in [0.25, 0.3) is 0 Å². The quantitative estimate of drug-likeness (QED) is 0.644. The van der Waals surface area contributed by atoms with Crippen LogP contribution in [-0.2, 0) is 12.0 Å². The van der Waals surface area contributed by atoms with Gasteiger partial charge in [-0.15, -0.1) is 0 Å². The molecule has 0 aliphatic rings. The number of urea groups is 1. The van der Waals surface area contributed by atoms with Gasteiger partial charge >= 0.3 is 6.03 Å². The molecule has 2 aromatic rings. The molecule has 0 fully saturated rings. The minimum Gasteiger partial charge on any atom is -0.494 e. The van der Waals surface area contributed by atoms with Crippen molar-refractivity contribution in [3.05, 3.63) is 65.7 Å². The van der Waals surface area contributed by atoms with Gasteiger partial charge in [0.2, 0.25) is 0 Å². The zero-order valence-electron chi connectivity index (χ0n) is 17.1. The Labute approximate surface area is 168 Å². The van der Waals surface area contributed by atoms with Crippen molar-refractivity contribution in [3.8, 4) is 5.75 Å². The van der Waals surface area contributed by atoms with E-state index in [9.17, 15) is 9.90 Å². The Morgan fingerprint density at radius 2 is 1.75 bits per heavy atom.